The van der Waals surface area contributed by atoms with Crippen LogP contribution >= 0.6 is 11.6 Å². The van der Waals surface area contributed by atoms with Crippen LogP contribution in [-0.2, 0) is 50.3 Å². The van der Waals surface area contributed by atoms with Gasteiger partial charge < -0.3 is 90.5 Å². The van der Waals surface area contributed by atoms with Gasteiger partial charge in [0.05, 0.1) is 73.3 Å². The van der Waals surface area contributed by atoms with Crippen LogP contribution in [0.1, 0.15) is 164 Å². The average Bonchev–Trinajstić information content (AvgIpc) is 1.68. The second-order valence-corrected chi connectivity index (χ2v) is 28.6. The van der Waals surface area contributed by atoms with Crippen LogP contribution in [0.2, 0.25) is 5.28 Å². The molecular formula is C71H86ClF9N14O18. The van der Waals surface area contributed by atoms with Crippen LogP contribution in [0.3, 0.4) is 0 Å². The number of ketones is 2. The molecule has 113 heavy (non-hydrogen) atoms. The normalized spacial score (nSPS) is 16.3. The Kier molecular flexibility index (Phi) is 30.7. The van der Waals surface area contributed by atoms with E-state index in [1.165, 1.54) is 41.8 Å². The zero-order valence-corrected chi connectivity index (χ0v) is 63.9. The SMILES string of the molecule is C1CCOC1.CC(C)(C)OC(=O)N1CC[C@@H](Oc2c(N)cc(C(F)(F)F)cc2CC(=O)c2cc(C(=O)Cc3cc(C(F)(F)F)cc(N)c3O[C@@H]3CCN(C(=O)OC(C)(C)C)C3)ncn2)C1.CC(C)(C)OC(=O)N1CC[C@@H](Oc2c(N)cc(C(F)(F)F)cc2N)C1.COc1nc(Cl)nc(OC)n1.O=C(O)c1cc(C(=O)O)ncn1. The Labute approximate surface area is 646 Å². The molecule has 0 bridgehead atoms. The first kappa shape index (κ1) is 90.6. The van der Waals surface area contributed by atoms with Crippen molar-refractivity contribution in [1.82, 2.24) is 49.6 Å². The lowest BCUT2D eigenvalue weighted by Gasteiger charge is -2.24. The molecule has 3 amide bonds. The number of amides is 3. The number of anilines is 4. The Balaban J connectivity index is 0.000000299. The number of carboxylic acids is 2. The Hall–Kier alpha value is -11.3. The molecule has 0 unspecified atom stereocenters. The monoisotopic (exact) mass is 1630 g/mol. The van der Waals surface area contributed by atoms with E-state index in [1.807, 2.05) is 0 Å². The van der Waals surface area contributed by atoms with E-state index >= 15 is 0 Å². The number of likely N-dealkylation sites (tertiary alicyclic amines) is 3. The van der Waals surface area contributed by atoms with Crippen LogP contribution in [0.4, 0.5) is 76.6 Å². The topological polar surface area (TPSA) is 447 Å². The van der Waals surface area contributed by atoms with Gasteiger partial charge >= 0.3 is 60.8 Å². The number of alkyl halides is 9. The minimum absolute atomic E-state index is 0.00374. The molecule has 4 saturated heterocycles. The molecule has 3 aromatic carbocycles. The second-order valence-electron chi connectivity index (χ2n) is 28.2. The fourth-order valence-corrected chi connectivity index (χ4v) is 10.7. The Bertz CT molecular complexity index is 4140. The van der Waals surface area contributed by atoms with Crippen LogP contribution in [0, 0.1) is 0 Å². The van der Waals surface area contributed by atoms with Gasteiger partial charge in [0.15, 0.2) is 28.7 Å². The van der Waals surface area contributed by atoms with E-state index < -0.39 is 148 Å². The van der Waals surface area contributed by atoms with Gasteiger partial charge in [-0.25, -0.2) is 43.9 Å². The molecule has 4 aliphatic rings. The van der Waals surface area contributed by atoms with Crippen LogP contribution in [0.25, 0.3) is 0 Å². The highest BCUT2D eigenvalue weighted by Gasteiger charge is 2.40. The number of carbonyl (C=O) groups excluding carboxylic acids is 5. The van der Waals surface area contributed by atoms with Gasteiger partial charge in [-0.1, -0.05) is 0 Å². The maximum absolute atomic E-state index is 13.9. The van der Waals surface area contributed by atoms with Crippen molar-refractivity contribution in [2.24, 2.45) is 0 Å². The number of carbonyl (C=O) groups is 7. The predicted molar refractivity (Wildman–Crippen MR) is 385 cm³/mol. The third-order valence-electron chi connectivity index (χ3n) is 15.6. The summed E-state index contributed by atoms with van der Waals surface area (Å²) in [7, 11) is 2.87. The summed E-state index contributed by atoms with van der Waals surface area (Å²) in [6.45, 7) is 18.6. The minimum atomic E-state index is -4.86. The van der Waals surface area contributed by atoms with E-state index in [4.69, 9.17) is 87.4 Å². The summed E-state index contributed by atoms with van der Waals surface area (Å²) < 4.78 is 170. The zero-order chi connectivity index (χ0) is 84.5. The largest absolute Gasteiger partial charge is 0.486 e. The summed E-state index contributed by atoms with van der Waals surface area (Å²) in [4.78, 5) is 115. The maximum Gasteiger partial charge on any atom is 0.416 e. The fraction of sp³-hybridized carbons (Fsp3) is 0.493. The third kappa shape index (κ3) is 28.5. The molecule has 4 fully saturated rings. The predicted octanol–water partition coefficient (Wildman–Crippen LogP) is 11.8. The lowest BCUT2D eigenvalue weighted by Crippen LogP contribution is -2.36. The van der Waals surface area contributed by atoms with Gasteiger partial charge in [0.1, 0.15) is 70.7 Å². The summed E-state index contributed by atoms with van der Waals surface area (Å²) >= 11 is 5.49. The fourth-order valence-electron chi connectivity index (χ4n) is 10.5. The van der Waals surface area contributed by atoms with Crippen LogP contribution in [-0.4, -0.2) is 203 Å². The van der Waals surface area contributed by atoms with E-state index in [9.17, 15) is 73.1 Å². The van der Waals surface area contributed by atoms with Crippen LogP contribution in [0.15, 0.2) is 61.2 Å². The Morgan fingerprint density at radius 1 is 0.460 bits per heavy atom. The van der Waals surface area contributed by atoms with Gasteiger partial charge in [-0.3, -0.25) is 9.59 Å². The minimum Gasteiger partial charge on any atom is -0.486 e. The number of nitrogens with two attached hydrogens (primary N) is 4. The van der Waals surface area contributed by atoms with Crippen molar-refractivity contribution < 1.29 is 126 Å². The Morgan fingerprint density at radius 2 is 0.752 bits per heavy atom. The van der Waals surface area contributed by atoms with E-state index in [1.54, 1.807) is 62.3 Å². The first-order valence-electron chi connectivity index (χ1n) is 34.3. The van der Waals surface area contributed by atoms with Gasteiger partial charge in [0, 0.05) is 82.1 Å². The first-order chi connectivity index (χ1) is 52.4. The summed E-state index contributed by atoms with van der Waals surface area (Å²) in [6, 6.07) is 6.43. The molecule has 0 spiro atoms. The smallest absolute Gasteiger partial charge is 0.416 e. The lowest BCUT2D eigenvalue weighted by atomic mass is 9.99. The van der Waals surface area contributed by atoms with Crippen molar-refractivity contribution in [1.29, 1.82) is 0 Å². The molecule has 618 valence electrons. The van der Waals surface area contributed by atoms with E-state index in [2.05, 4.69) is 34.9 Å². The number of nitrogen functional groups attached to an aromatic ring is 4. The van der Waals surface area contributed by atoms with Crippen LogP contribution in [0.5, 0.6) is 29.3 Å². The lowest BCUT2D eigenvalue weighted by molar-refractivity contribution is -0.138. The van der Waals surface area contributed by atoms with Crippen molar-refractivity contribution in [2.75, 3.05) is 89.6 Å². The van der Waals surface area contributed by atoms with Gasteiger partial charge in [0.25, 0.3) is 0 Å². The molecule has 0 aliphatic carbocycles. The molecule has 32 nitrogen and oxygen atoms in total. The summed E-state index contributed by atoms with van der Waals surface area (Å²) in [5.74, 6) is -4.74. The first-order valence-corrected chi connectivity index (χ1v) is 34.7. The average molecular weight is 1630 g/mol. The van der Waals surface area contributed by atoms with Crippen molar-refractivity contribution in [3.05, 3.63) is 117 Å². The number of Topliss-reactive ketones (excluding diaryl/α,β-unsaturated/α-hetero) is 2. The van der Waals surface area contributed by atoms with Gasteiger partial charge in [-0.05, 0) is 129 Å². The molecule has 7 heterocycles. The molecule has 0 radical (unpaired) electrons. The summed E-state index contributed by atoms with van der Waals surface area (Å²) in [5, 5.41) is 16.9. The highest BCUT2D eigenvalue weighted by Crippen LogP contribution is 2.42. The number of ether oxygens (including phenoxy) is 9. The van der Waals surface area contributed by atoms with Gasteiger partial charge in [-0.2, -0.15) is 49.5 Å². The number of rotatable bonds is 16. The Morgan fingerprint density at radius 3 is 1.04 bits per heavy atom. The van der Waals surface area contributed by atoms with E-state index in [-0.39, 0.29) is 114 Å². The number of carboxylic acid groups (broad SMARTS) is 2. The second kappa shape index (κ2) is 38.3. The van der Waals surface area contributed by atoms with Crippen molar-refractivity contribution >= 4 is 76.1 Å². The molecular weight excluding hydrogens is 1540 g/mol. The van der Waals surface area contributed by atoms with Crippen molar-refractivity contribution in [3.8, 4) is 29.3 Å². The zero-order valence-electron chi connectivity index (χ0n) is 63.1. The van der Waals surface area contributed by atoms with Crippen molar-refractivity contribution in [2.45, 2.75) is 161 Å². The van der Waals surface area contributed by atoms with Crippen molar-refractivity contribution in [3.63, 3.8) is 0 Å². The summed E-state index contributed by atoms with van der Waals surface area (Å²) in [6.07, 6.45) is -13.9. The van der Waals surface area contributed by atoms with Gasteiger partial charge in [-0.15, -0.1) is 4.98 Å². The molecule has 42 heteroatoms. The number of hydrogen-bond acceptors (Lipinski definition) is 27. The van der Waals surface area contributed by atoms with Crippen LogP contribution < -0.4 is 46.6 Å². The molecule has 3 atom stereocenters. The number of hydrogen-bond donors (Lipinski definition) is 6. The molecule has 10 N–H and O–H groups in total. The number of nitrogens with zero attached hydrogens (tertiary/aromatic N) is 10. The quantitative estimate of drug-likeness (QED) is 0.0227. The van der Waals surface area contributed by atoms with Gasteiger partial charge in [0.2, 0.25) is 5.28 Å². The molecule has 0 saturated carbocycles. The number of aromatic carboxylic acids is 2. The van der Waals surface area contributed by atoms with E-state index in [0.29, 0.717) is 37.2 Å². The number of benzene rings is 3. The number of methoxy groups -OCH3 is 2. The standard InChI is InChI=1S/C40H46F6N6O8.C16H22F3N3O3.C6H4N2O4.C5H6ClN3O2.C4H8O/c1-37(2,3)59-35(55)51-9-7-25(18-51)57-33-21(11-23(15-27(33)47)39(41,42)43)13-31(53)29-17-30(50-20-49-29)32(54)14-22-12-24(40(44,45)46)16-28(48)34(22)58-26-8-10-52(19-26)36(56)60-38(4,5)6;1-15(2,3)25-14(23)22-5-4-10(8-22)24-13-11(20)6-9(7-12(13)21)16(17,18)19;9-5(10)3-1-4(6(11)12)8-2-7-3;1-10-4-7-3(6)8-5(9-4)11-2;1-2-4-5-3-1/h11-12,15-17,20,25-26H,7-10,13-14,18-19,47-48H2,1-6H3;6-7,10H,4-5,8,20-21H2,1-3H3;1-2H,(H,9,10)(H,11,12);1-2H3;1-4H2/t25-,26-;10-;;;/m11.../s1. The highest BCUT2D eigenvalue weighted by molar-refractivity contribution is 6.28. The molecule has 4 aliphatic heterocycles. The number of halogens is 10. The molecule has 3 aromatic heterocycles. The molecule has 6 aromatic rings. The number of aromatic nitrogens is 7. The molecule has 10 rings (SSSR count). The summed E-state index contributed by atoms with van der Waals surface area (Å²) in [5.41, 5.74) is 14.8. The highest BCUT2D eigenvalue weighted by atomic mass is 35.5. The van der Waals surface area contributed by atoms with E-state index in [0.717, 1.165) is 50.1 Å². The maximum atomic E-state index is 13.9. The third-order valence-corrected chi connectivity index (χ3v) is 15.7.